The highest BCUT2D eigenvalue weighted by molar-refractivity contribution is 7.92. The van der Waals surface area contributed by atoms with Crippen molar-refractivity contribution in [3.63, 3.8) is 0 Å². The number of anilines is 1. The van der Waals surface area contributed by atoms with Crippen molar-refractivity contribution in [3.8, 4) is 0 Å². The maximum absolute atomic E-state index is 14.6. The lowest BCUT2D eigenvalue weighted by molar-refractivity contribution is -0.0114. The van der Waals surface area contributed by atoms with Crippen molar-refractivity contribution >= 4 is 32.6 Å². The van der Waals surface area contributed by atoms with E-state index in [4.69, 9.17) is 0 Å². The largest absolute Gasteiger partial charge is 0.350 e. The number of fused-ring (bicyclic) bond motifs is 1. The van der Waals surface area contributed by atoms with Crippen LogP contribution < -0.4 is 9.62 Å². The molecule has 4 nitrogen and oxygen atoms in total. The molecule has 7 heteroatoms. The van der Waals surface area contributed by atoms with Gasteiger partial charge in [0.25, 0.3) is 5.92 Å². The molecule has 0 saturated carbocycles. The quantitative estimate of drug-likeness (QED) is 0.498. The molecule has 158 valence electrons. The smallest absolute Gasteiger partial charge is 0.279 e. The van der Waals surface area contributed by atoms with E-state index in [2.05, 4.69) is 4.72 Å². The minimum atomic E-state index is -4.13. The van der Waals surface area contributed by atoms with E-state index in [0.717, 1.165) is 23.1 Å². The average molecular weight is 431 g/mol. The first-order valence-electron chi connectivity index (χ1n) is 9.59. The second-order valence-corrected chi connectivity index (χ2v) is 8.62. The maximum Gasteiger partial charge on any atom is 0.279 e. The van der Waals surface area contributed by atoms with Crippen LogP contribution in [-0.4, -0.2) is 27.1 Å². The van der Waals surface area contributed by atoms with Gasteiger partial charge >= 0.3 is 0 Å². The molecule has 30 heavy (non-hydrogen) atoms. The minimum Gasteiger partial charge on any atom is -0.350 e. The highest BCUT2D eigenvalue weighted by atomic mass is 32.2. The molecule has 0 saturated heterocycles. The molecule has 0 amide bonds. The van der Waals surface area contributed by atoms with Gasteiger partial charge in [0.1, 0.15) is 0 Å². The van der Waals surface area contributed by atoms with Gasteiger partial charge in [0.2, 0.25) is 10.0 Å². The van der Waals surface area contributed by atoms with Crippen molar-refractivity contribution in [1.29, 1.82) is 0 Å². The molecular formula is C23H24F2N2O2S. The monoisotopic (exact) mass is 430 g/mol. The van der Waals surface area contributed by atoms with Crippen LogP contribution >= 0.6 is 0 Å². The van der Waals surface area contributed by atoms with Crippen molar-refractivity contribution in [2.24, 2.45) is 0 Å². The Morgan fingerprint density at radius 1 is 1.00 bits per heavy atom. The van der Waals surface area contributed by atoms with Crippen LogP contribution in [0.1, 0.15) is 19.4 Å². The van der Waals surface area contributed by atoms with E-state index in [1.807, 2.05) is 30.3 Å². The van der Waals surface area contributed by atoms with Crippen LogP contribution in [0, 0.1) is 0 Å². The fourth-order valence-electron chi connectivity index (χ4n) is 3.32. The third kappa shape index (κ3) is 5.23. The second-order valence-electron chi connectivity index (χ2n) is 7.02. The first kappa shape index (κ1) is 21.9. The first-order valence-corrected chi connectivity index (χ1v) is 11.1. The summed E-state index contributed by atoms with van der Waals surface area (Å²) in [6, 6.07) is 21.6. The summed E-state index contributed by atoms with van der Waals surface area (Å²) in [5, 5.41) is 2.58. The lowest BCUT2D eigenvalue weighted by atomic mass is 10.1. The van der Waals surface area contributed by atoms with Gasteiger partial charge in [0.15, 0.2) is 6.17 Å². The van der Waals surface area contributed by atoms with E-state index in [1.165, 1.54) is 11.0 Å². The molecule has 0 aromatic heterocycles. The first-order chi connectivity index (χ1) is 14.2. The van der Waals surface area contributed by atoms with Crippen molar-refractivity contribution in [2.75, 3.05) is 11.4 Å². The number of nitrogens with one attached hydrogen (secondary N) is 1. The van der Waals surface area contributed by atoms with E-state index in [-0.39, 0.29) is 6.54 Å². The lowest BCUT2D eigenvalue weighted by Gasteiger charge is -2.36. The van der Waals surface area contributed by atoms with Crippen LogP contribution in [0.3, 0.4) is 0 Å². The highest BCUT2D eigenvalue weighted by Gasteiger charge is 2.41. The van der Waals surface area contributed by atoms with Gasteiger partial charge in [-0.2, -0.15) is 4.72 Å². The number of alkyl halides is 2. The third-order valence-electron chi connectivity index (χ3n) is 4.72. The Bertz CT molecular complexity index is 1120. The summed E-state index contributed by atoms with van der Waals surface area (Å²) in [6.45, 7) is 2.62. The van der Waals surface area contributed by atoms with Gasteiger partial charge in [0.05, 0.1) is 0 Å². The number of halogens is 2. The van der Waals surface area contributed by atoms with Crippen LogP contribution in [0.5, 0.6) is 0 Å². The number of hydrogen-bond donors (Lipinski definition) is 1. The summed E-state index contributed by atoms with van der Waals surface area (Å²) in [5.41, 5.74) is 1.20. The van der Waals surface area contributed by atoms with E-state index in [1.54, 1.807) is 49.4 Å². The van der Waals surface area contributed by atoms with Gasteiger partial charge in [-0.15, -0.1) is 0 Å². The van der Waals surface area contributed by atoms with Crippen LogP contribution in [0.25, 0.3) is 16.8 Å². The fourth-order valence-corrected chi connectivity index (χ4v) is 4.38. The number of nitrogens with zero attached hydrogens (tertiary/aromatic N) is 1. The number of rotatable bonds is 8. The molecule has 3 aromatic carbocycles. The molecule has 0 bridgehead atoms. The third-order valence-corrected chi connectivity index (χ3v) is 5.77. The summed E-state index contributed by atoms with van der Waals surface area (Å²) < 4.78 is 56.6. The molecule has 1 N–H and O–H groups in total. The van der Waals surface area contributed by atoms with Gasteiger partial charge in [0, 0.05) is 30.0 Å². The molecular weight excluding hydrogens is 406 g/mol. The zero-order chi connectivity index (χ0) is 21.8. The van der Waals surface area contributed by atoms with E-state index >= 15 is 0 Å². The number of hydrogen-bond acceptors (Lipinski definition) is 3. The summed E-state index contributed by atoms with van der Waals surface area (Å²) in [5.74, 6) is -3.33. The fraction of sp³-hybridized carbons (Fsp3) is 0.217. The molecule has 0 radical (unpaired) electrons. The van der Waals surface area contributed by atoms with E-state index in [0.29, 0.717) is 11.3 Å². The number of sulfonamides is 1. The summed E-state index contributed by atoms with van der Waals surface area (Å²) in [6.07, 6.45) is -0.375. The van der Waals surface area contributed by atoms with Crippen molar-refractivity contribution < 1.29 is 17.2 Å². The Labute approximate surface area is 175 Å². The molecule has 0 aliphatic heterocycles. The molecule has 1 atom stereocenters. The van der Waals surface area contributed by atoms with Crippen molar-refractivity contribution in [2.45, 2.75) is 25.9 Å². The standard InChI is InChI=1S/C23H24F2N2O2S/c1-3-27(21-15-9-13-19-12-7-8-14-20(19)21)22(23(2,24)25)26-30(28,29)17-16-18-10-5-4-6-11-18/h4-17,22,26H,3H2,1-2H3/b17-16+. The van der Waals surface area contributed by atoms with Gasteiger partial charge in [-0.3, -0.25) is 0 Å². The molecule has 1 unspecified atom stereocenters. The van der Waals surface area contributed by atoms with Crippen LogP contribution in [0.15, 0.2) is 78.2 Å². The van der Waals surface area contributed by atoms with Crippen molar-refractivity contribution in [3.05, 3.63) is 83.8 Å². The normalized spacial score (nSPS) is 13.6. The summed E-state index contributed by atoms with van der Waals surface area (Å²) in [7, 11) is -4.13. The Hall–Kier alpha value is -2.77. The topological polar surface area (TPSA) is 49.4 Å². The summed E-state index contributed by atoms with van der Waals surface area (Å²) in [4.78, 5) is 1.39. The molecule has 0 aliphatic rings. The van der Waals surface area contributed by atoms with E-state index in [9.17, 15) is 17.2 Å². The molecule has 0 heterocycles. The van der Waals surface area contributed by atoms with Gasteiger partial charge in [-0.25, -0.2) is 17.2 Å². The van der Waals surface area contributed by atoms with Gasteiger partial charge in [-0.05, 0) is 30.0 Å². The second kappa shape index (κ2) is 8.93. The Balaban J connectivity index is 1.97. The van der Waals surface area contributed by atoms with E-state index < -0.39 is 22.1 Å². The Morgan fingerprint density at radius 3 is 2.30 bits per heavy atom. The average Bonchev–Trinajstić information content (AvgIpc) is 2.72. The zero-order valence-corrected chi connectivity index (χ0v) is 17.6. The number of benzene rings is 3. The Morgan fingerprint density at radius 2 is 1.63 bits per heavy atom. The Kier molecular flexibility index (Phi) is 6.53. The zero-order valence-electron chi connectivity index (χ0n) is 16.8. The van der Waals surface area contributed by atoms with Gasteiger partial charge < -0.3 is 4.90 Å². The van der Waals surface area contributed by atoms with Crippen LogP contribution in [0.2, 0.25) is 0 Å². The SMILES string of the molecule is CCN(c1cccc2ccccc12)C(NS(=O)(=O)/C=C/c1ccccc1)C(C)(F)F. The van der Waals surface area contributed by atoms with Crippen LogP contribution in [-0.2, 0) is 10.0 Å². The molecule has 3 rings (SSSR count). The molecule has 3 aromatic rings. The molecule has 0 fully saturated rings. The summed E-state index contributed by atoms with van der Waals surface area (Å²) >= 11 is 0. The predicted octanol–water partition coefficient (Wildman–Crippen LogP) is 5.24. The van der Waals surface area contributed by atoms with Crippen molar-refractivity contribution in [1.82, 2.24) is 4.72 Å². The highest BCUT2D eigenvalue weighted by Crippen LogP contribution is 2.32. The van der Waals surface area contributed by atoms with Gasteiger partial charge in [-0.1, -0.05) is 66.7 Å². The molecule has 0 spiro atoms. The predicted molar refractivity (Wildman–Crippen MR) is 119 cm³/mol. The lowest BCUT2D eigenvalue weighted by Crippen LogP contribution is -2.57. The minimum absolute atomic E-state index is 0.188. The molecule has 0 aliphatic carbocycles. The maximum atomic E-state index is 14.6. The van der Waals surface area contributed by atoms with Crippen LogP contribution in [0.4, 0.5) is 14.5 Å².